The fraction of sp³-hybridized carbons (Fsp3) is 0.250. The van der Waals surface area contributed by atoms with Gasteiger partial charge in [-0.2, -0.15) is 0 Å². The van der Waals surface area contributed by atoms with E-state index in [9.17, 15) is 14.0 Å². The van der Waals surface area contributed by atoms with Gasteiger partial charge >= 0.3 is 0 Å². The molecule has 1 atom stereocenters. The van der Waals surface area contributed by atoms with Crippen molar-refractivity contribution in [1.82, 2.24) is 10.3 Å². The molecule has 2 aromatic carbocycles. The molecule has 0 fully saturated rings. The summed E-state index contributed by atoms with van der Waals surface area (Å²) in [7, 11) is 1.50. The Bertz CT molecular complexity index is 966. The van der Waals surface area contributed by atoms with Crippen molar-refractivity contribution < 1.29 is 23.5 Å². The third-order valence-corrected chi connectivity index (χ3v) is 5.17. The summed E-state index contributed by atoms with van der Waals surface area (Å²) in [6.45, 7) is 2.83. The van der Waals surface area contributed by atoms with Crippen LogP contribution in [0.15, 0.2) is 47.6 Å². The van der Waals surface area contributed by atoms with Crippen molar-refractivity contribution in [2.24, 2.45) is 5.10 Å². The highest BCUT2D eigenvalue weighted by Crippen LogP contribution is 2.41. The van der Waals surface area contributed by atoms with Crippen molar-refractivity contribution in [3.63, 3.8) is 0 Å². The predicted octanol–water partition coefficient (Wildman–Crippen LogP) is 3.41. The summed E-state index contributed by atoms with van der Waals surface area (Å²) in [5, 5.41) is 7.95. The highest BCUT2D eigenvalue weighted by Gasteiger charge is 2.32. The first-order chi connectivity index (χ1) is 13.9. The second kappa shape index (κ2) is 8.95. The molecule has 1 N–H and O–H groups in total. The molecular formula is C20H20FN3O4S. The zero-order valence-electron chi connectivity index (χ0n) is 16.1. The maximum Gasteiger partial charge on any atom is 0.241 e. The van der Waals surface area contributed by atoms with Crippen LogP contribution in [0.1, 0.15) is 30.3 Å². The lowest BCUT2D eigenvalue weighted by molar-refractivity contribution is -0.129. The van der Waals surface area contributed by atoms with Gasteiger partial charge in [0.2, 0.25) is 11.8 Å². The van der Waals surface area contributed by atoms with Crippen LogP contribution in [0.5, 0.6) is 11.5 Å². The second-order valence-corrected chi connectivity index (χ2v) is 7.28. The molecule has 0 radical (unpaired) electrons. The van der Waals surface area contributed by atoms with Gasteiger partial charge in [-0.15, -0.1) is 5.10 Å². The van der Waals surface area contributed by atoms with Gasteiger partial charge in [0.1, 0.15) is 17.8 Å². The van der Waals surface area contributed by atoms with E-state index < -0.39 is 5.37 Å². The van der Waals surface area contributed by atoms with Gasteiger partial charge in [-0.3, -0.25) is 9.59 Å². The van der Waals surface area contributed by atoms with Crippen LogP contribution in [0.4, 0.5) is 4.39 Å². The molecular weight excluding hydrogens is 397 g/mol. The van der Waals surface area contributed by atoms with E-state index in [0.29, 0.717) is 22.2 Å². The minimum atomic E-state index is -0.455. The van der Waals surface area contributed by atoms with Gasteiger partial charge in [0.05, 0.1) is 7.11 Å². The Morgan fingerprint density at radius 1 is 1.21 bits per heavy atom. The number of carbonyl (C=O) groups is 2. The number of amides is 2. The molecule has 2 aromatic rings. The molecule has 0 bridgehead atoms. The number of thioether (sulfide) groups is 1. The van der Waals surface area contributed by atoms with Gasteiger partial charge in [-0.1, -0.05) is 36.0 Å². The molecule has 29 heavy (non-hydrogen) atoms. The van der Waals surface area contributed by atoms with Gasteiger partial charge in [0.25, 0.3) is 0 Å². The number of benzene rings is 2. The zero-order chi connectivity index (χ0) is 21.0. The van der Waals surface area contributed by atoms with Crippen LogP contribution in [-0.4, -0.2) is 29.1 Å². The number of hydrogen-bond donors (Lipinski definition) is 1. The molecule has 0 aliphatic carbocycles. The summed E-state index contributed by atoms with van der Waals surface area (Å²) in [6.07, 6.45) is 0. The fourth-order valence-corrected chi connectivity index (χ4v) is 3.83. The number of amidine groups is 1. The van der Waals surface area contributed by atoms with Gasteiger partial charge in [-0.25, -0.2) is 9.40 Å². The smallest absolute Gasteiger partial charge is 0.241 e. The lowest BCUT2D eigenvalue weighted by Crippen LogP contribution is -2.25. The van der Waals surface area contributed by atoms with Crippen molar-refractivity contribution in [3.8, 4) is 11.5 Å². The Kier molecular flexibility index (Phi) is 6.38. The number of hydrogen-bond acceptors (Lipinski definition) is 6. The summed E-state index contributed by atoms with van der Waals surface area (Å²) >= 11 is 1.24. The molecule has 0 unspecified atom stereocenters. The van der Waals surface area contributed by atoms with E-state index in [2.05, 4.69) is 10.4 Å². The van der Waals surface area contributed by atoms with Crippen LogP contribution in [0.2, 0.25) is 0 Å². The SMILES string of the molecule is COc1cc([C@@H]2SC(NC(C)=O)=NN2C(C)=O)ccc1OCc1ccccc1F. The molecule has 0 saturated heterocycles. The monoisotopic (exact) mass is 417 g/mol. The highest BCUT2D eigenvalue weighted by atomic mass is 32.2. The molecule has 3 rings (SSSR count). The second-order valence-electron chi connectivity index (χ2n) is 6.21. The first kappa shape index (κ1) is 20.7. The first-order valence-corrected chi connectivity index (χ1v) is 9.63. The topological polar surface area (TPSA) is 80.2 Å². The quantitative estimate of drug-likeness (QED) is 0.806. The number of hydrazone groups is 1. The lowest BCUT2D eigenvalue weighted by Gasteiger charge is -2.20. The maximum atomic E-state index is 13.8. The van der Waals surface area contributed by atoms with Crippen LogP contribution in [0.3, 0.4) is 0 Å². The van der Waals surface area contributed by atoms with Crippen molar-refractivity contribution >= 4 is 28.7 Å². The number of rotatable bonds is 5. The summed E-state index contributed by atoms with van der Waals surface area (Å²) in [6, 6.07) is 11.6. The zero-order valence-corrected chi connectivity index (χ0v) is 17.0. The summed E-state index contributed by atoms with van der Waals surface area (Å²) in [5.41, 5.74) is 1.17. The first-order valence-electron chi connectivity index (χ1n) is 8.76. The van der Waals surface area contributed by atoms with Crippen LogP contribution >= 0.6 is 11.8 Å². The largest absolute Gasteiger partial charge is 0.493 e. The molecule has 1 heterocycles. The number of carbonyl (C=O) groups excluding carboxylic acids is 2. The molecule has 2 amide bonds. The van der Waals surface area contributed by atoms with Crippen LogP contribution < -0.4 is 14.8 Å². The Hall–Kier alpha value is -3.07. The number of nitrogens with zero attached hydrogens (tertiary/aromatic N) is 2. The van der Waals surface area contributed by atoms with E-state index in [4.69, 9.17) is 9.47 Å². The summed E-state index contributed by atoms with van der Waals surface area (Å²) in [4.78, 5) is 23.3. The van der Waals surface area contributed by atoms with E-state index >= 15 is 0 Å². The normalized spacial score (nSPS) is 15.7. The summed E-state index contributed by atoms with van der Waals surface area (Å²) in [5.74, 6) is 0.0116. The van der Waals surface area contributed by atoms with E-state index in [1.165, 1.54) is 43.8 Å². The van der Waals surface area contributed by atoms with Crippen LogP contribution in [0.25, 0.3) is 0 Å². The van der Waals surface area contributed by atoms with E-state index in [-0.39, 0.29) is 24.2 Å². The minimum Gasteiger partial charge on any atom is -0.493 e. The number of halogens is 1. The number of methoxy groups -OCH3 is 1. The van der Waals surface area contributed by atoms with Crippen molar-refractivity contribution in [2.45, 2.75) is 25.8 Å². The third kappa shape index (κ3) is 4.86. The molecule has 0 spiro atoms. The van der Waals surface area contributed by atoms with Crippen molar-refractivity contribution in [2.75, 3.05) is 7.11 Å². The number of nitrogens with one attached hydrogen (secondary N) is 1. The third-order valence-electron chi connectivity index (χ3n) is 4.06. The minimum absolute atomic E-state index is 0.0515. The maximum absolute atomic E-state index is 13.8. The molecule has 9 heteroatoms. The lowest BCUT2D eigenvalue weighted by atomic mass is 10.2. The summed E-state index contributed by atoms with van der Waals surface area (Å²) < 4.78 is 24.9. The van der Waals surface area contributed by atoms with E-state index in [1.807, 2.05) is 0 Å². The highest BCUT2D eigenvalue weighted by molar-refractivity contribution is 8.14. The van der Waals surface area contributed by atoms with Crippen molar-refractivity contribution in [3.05, 3.63) is 59.4 Å². The Balaban J connectivity index is 1.80. The standard InChI is InChI=1S/C20H20FN3O4S/c1-12(25)22-20-23-24(13(2)26)19(29-20)14-8-9-17(18(10-14)27-3)28-11-15-6-4-5-7-16(15)21/h4-10,19H,11H2,1-3H3,(H,22,23,25)/t19-/m0/s1. The van der Waals surface area contributed by atoms with Gasteiger partial charge in [0, 0.05) is 19.4 Å². The van der Waals surface area contributed by atoms with Crippen LogP contribution in [0, 0.1) is 5.82 Å². The average Bonchev–Trinajstić information content (AvgIpc) is 3.10. The molecule has 7 nitrogen and oxygen atoms in total. The molecule has 0 saturated carbocycles. The van der Waals surface area contributed by atoms with Crippen molar-refractivity contribution in [1.29, 1.82) is 0 Å². The molecule has 0 aromatic heterocycles. The van der Waals surface area contributed by atoms with Crippen LogP contribution in [-0.2, 0) is 16.2 Å². The number of ether oxygens (including phenoxy) is 2. The van der Waals surface area contributed by atoms with E-state index in [1.54, 1.807) is 36.4 Å². The fourth-order valence-electron chi connectivity index (χ4n) is 2.71. The predicted molar refractivity (Wildman–Crippen MR) is 108 cm³/mol. The van der Waals surface area contributed by atoms with Gasteiger partial charge in [-0.05, 0) is 23.8 Å². The Labute approximate surface area is 171 Å². The Morgan fingerprint density at radius 3 is 2.62 bits per heavy atom. The Morgan fingerprint density at radius 2 is 1.97 bits per heavy atom. The molecule has 1 aliphatic rings. The van der Waals surface area contributed by atoms with E-state index in [0.717, 1.165) is 5.56 Å². The molecule has 1 aliphatic heterocycles. The average molecular weight is 417 g/mol. The molecule has 152 valence electrons. The van der Waals surface area contributed by atoms with Gasteiger partial charge < -0.3 is 14.8 Å². The van der Waals surface area contributed by atoms with Gasteiger partial charge in [0.15, 0.2) is 16.7 Å².